The van der Waals surface area contributed by atoms with Crippen LogP contribution in [0.2, 0.25) is 0 Å². The largest absolute Gasteiger partial charge is 0.465 e. The average molecular weight is 508 g/mol. The van der Waals surface area contributed by atoms with E-state index < -0.39 is 18.5 Å². The number of aryl methyl sites for hydroxylation is 1. The van der Waals surface area contributed by atoms with E-state index in [0.29, 0.717) is 32.7 Å². The van der Waals surface area contributed by atoms with Gasteiger partial charge >= 0.3 is 12.6 Å². The van der Waals surface area contributed by atoms with Crippen LogP contribution >= 0.6 is 15.9 Å². The Morgan fingerprint density at radius 1 is 1.16 bits per heavy atom. The summed E-state index contributed by atoms with van der Waals surface area (Å²) >= 11 is 3.23. The molecular weight excluding hydrogens is 488 g/mol. The fourth-order valence-corrected chi connectivity index (χ4v) is 3.58. The highest BCUT2D eigenvalue weighted by Crippen LogP contribution is 2.28. The standard InChI is InChI=1S/C22H20BrF2N3O4/c1-12-19(26-20(29)17-10-15(23)8-9-18(17)32-22(24)25)13(2)28(27-12)11-14-6-4-5-7-16(14)21(30)31-3/h4-10,22H,11H2,1-3H3,(H,26,29). The van der Waals surface area contributed by atoms with Gasteiger partial charge in [0.05, 0.1) is 41.9 Å². The van der Waals surface area contributed by atoms with Crippen molar-refractivity contribution in [1.82, 2.24) is 9.78 Å². The number of anilines is 1. The Bertz CT molecular complexity index is 1160. The van der Waals surface area contributed by atoms with Gasteiger partial charge in [-0.05, 0) is 43.7 Å². The lowest BCUT2D eigenvalue weighted by molar-refractivity contribution is -0.0501. The van der Waals surface area contributed by atoms with Gasteiger partial charge in [-0.25, -0.2) is 4.79 Å². The summed E-state index contributed by atoms with van der Waals surface area (Å²) < 4.78 is 36.9. The predicted molar refractivity (Wildman–Crippen MR) is 117 cm³/mol. The lowest BCUT2D eigenvalue weighted by Gasteiger charge is -2.12. The number of hydrogen-bond acceptors (Lipinski definition) is 5. The first-order chi connectivity index (χ1) is 15.2. The van der Waals surface area contributed by atoms with Crippen LogP contribution in [-0.4, -0.2) is 35.4 Å². The van der Waals surface area contributed by atoms with Gasteiger partial charge in [0, 0.05) is 4.47 Å². The van der Waals surface area contributed by atoms with E-state index in [-0.39, 0.29) is 17.9 Å². The molecule has 0 saturated carbocycles. The van der Waals surface area contributed by atoms with Crippen molar-refractivity contribution >= 4 is 33.5 Å². The zero-order chi connectivity index (χ0) is 23.4. The van der Waals surface area contributed by atoms with Gasteiger partial charge in [0.2, 0.25) is 0 Å². The van der Waals surface area contributed by atoms with Gasteiger partial charge in [0.1, 0.15) is 5.75 Å². The molecule has 3 rings (SSSR count). The molecule has 0 aliphatic heterocycles. The fourth-order valence-electron chi connectivity index (χ4n) is 3.22. The molecule has 0 atom stereocenters. The summed E-state index contributed by atoms with van der Waals surface area (Å²) in [5.74, 6) is -1.32. The number of esters is 1. The Kier molecular flexibility index (Phi) is 7.24. The summed E-state index contributed by atoms with van der Waals surface area (Å²) in [6, 6.07) is 11.2. The van der Waals surface area contributed by atoms with E-state index in [9.17, 15) is 18.4 Å². The molecule has 0 fully saturated rings. The number of halogens is 3. The number of benzene rings is 2. The maximum atomic E-state index is 12.9. The molecule has 1 N–H and O–H groups in total. The van der Waals surface area contributed by atoms with E-state index >= 15 is 0 Å². The third-order valence-electron chi connectivity index (χ3n) is 4.77. The van der Waals surface area contributed by atoms with Crippen LogP contribution in [0, 0.1) is 13.8 Å². The highest BCUT2D eigenvalue weighted by atomic mass is 79.9. The zero-order valence-corrected chi connectivity index (χ0v) is 19.1. The molecule has 3 aromatic rings. The minimum Gasteiger partial charge on any atom is -0.465 e. The van der Waals surface area contributed by atoms with Gasteiger partial charge in [0.25, 0.3) is 5.91 Å². The van der Waals surface area contributed by atoms with Crippen molar-refractivity contribution in [2.24, 2.45) is 0 Å². The number of nitrogens with zero attached hydrogens (tertiary/aromatic N) is 2. The van der Waals surface area contributed by atoms with Crippen molar-refractivity contribution in [3.63, 3.8) is 0 Å². The van der Waals surface area contributed by atoms with Crippen LogP contribution in [0.5, 0.6) is 5.75 Å². The van der Waals surface area contributed by atoms with E-state index in [0.717, 1.165) is 0 Å². The molecule has 1 heterocycles. The number of methoxy groups -OCH3 is 1. The number of hydrogen-bond donors (Lipinski definition) is 1. The van der Waals surface area contributed by atoms with Crippen molar-refractivity contribution in [2.75, 3.05) is 12.4 Å². The van der Waals surface area contributed by atoms with Crippen LogP contribution in [0.1, 0.15) is 37.7 Å². The van der Waals surface area contributed by atoms with Crippen LogP contribution in [0.3, 0.4) is 0 Å². The maximum absolute atomic E-state index is 12.9. The zero-order valence-electron chi connectivity index (χ0n) is 17.5. The number of alkyl halides is 2. The van der Waals surface area contributed by atoms with E-state index in [2.05, 4.69) is 31.1 Å². The third kappa shape index (κ3) is 5.13. The van der Waals surface area contributed by atoms with Crippen molar-refractivity contribution < 1.29 is 27.8 Å². The number of ether oxygens (including phenoxy) is 2. The monoisotopic (exact) mass is 507 g/mol. The Hall–Kier alpha value is -3.27. The van der Waals surface area contributed by atoms with Gasteiger partial charge < -0.3 is 14.8 Å². The van der Waals surface area contributed by atoms with Crippen molar-refractivity contribution in [2.45, 2.75) is 27.0 Å². The summed E-state index contributed by atoms with van der Waals surface area (Å²) in [6.45, 7) is 0.671. The number of carbonyl (C=O) groups is 2. The second-order valence-corrected chi connectivity index (χ2v) is 7.74. The van der Waals surface area contributed by atoms with E-state index in [1.165, 1.54) is 25.3 Å². The number of nitrogens with one attached hydrogen (secondary N) is 1. The smallest absolute Gasteiger partial charge is 0.387 e. The number of carbonyl (C=O) groups excluding carboxylic acids is 2. The summed E-state index contributed by atoms with van der Waals surface area (Å²) in [7, 11) is 1.31. The molecule has 0 unspecified atom stereocenters. The molecular formula is C22H20BrF2N3O4. The summed E-state index contributed by atoms with van der Waals surface area (Å²) in [6.07, 6.45) is 0. The van der Waals surface area contributed by atoms with Crippen LogP contribution in [0.25, 0.3) is 0 Å². The van der Waals surface area contributed by atoms with Crippen molar-refractivity contribution in [3.8, 4) is 5.75 Å². The van der Waals surface area contributed by atoms with Crippen LogP contribution in [0.4, 0.5) is 14.5 Å². The molecule has 1 amide bonds. The Morgan fingerprint density at radius 3 is 2.56 bits per heavy atom. The Labute approximate surface area is 191 Å². The summed E-state index contributed by atoms with van der Waals surface area (Å²) in [5, 5.41) is 7.19. The Balaban J connectivity index is 1.89. The molecule has 32 heavy (non-hydrogen) atoms. The minimum absolute atomic E-state index is 0.0535. The van der Waals surface area contributed by atoms with Crippen molar-refractivity contribution in [3.05, 3.63) is 75.0 Å². The van der Waals surface area contributed by atoms with Gasteiger partial charge in [-0.1, -0.05) is 34.1 Å². The minimum atomic E-state index is -3.07. The highest BCUT2D eigenvalue weighted by Gasteiger charge is 2.21. The molecule has 0 bridgehead atoms. The van der Waals surface area contributed by atoms with Gasteiger partial charge in [-0.2, -0.15) is 13.9 Å². The molecule has 10 heteroatoms. The molecule has 1 aromatic heterocycles. The second kappa shape index (κ2) is 9.90. The number of rotatable bonds is 7. The van der Waals surface area contributed by atoms with Crippen LogP contribution in [-0.2, 0) is 11.3 Å². The first-order valence-electron chi connectivity index (χ1n) is 9.47. The molecule has 0 aliphatic rings. The van der Waals surface area contributed by atoms with Crippen LogP contribution < -0.4 is 10.1 Å². The predicted octanol–water partition coefficient (Wildman–Crippen LogP) is 4.95. The molecule has 0 spiro atoms. The third-order valence-corrected chi connectivity index (χ3v) is 5.26. The van der Waals surface area contributed by atoms with Gasteiger partial charge in [-0.15, -0.1) is 0 Å². The molecule has 168 valence electrons. The summed E-state index contributed by atoms with van der Waals surface area (Å²) in [4.78, 5) is 24.9. The van der Waals surface area contributed by atoms with Gasteiger partial charge in [0.15, 0.2) is 0 Å². The summed E-state index contributed by atoms with van der Waals surface area (Å²) in [5.41, 5.74) is 2.65. The van der Waals surface area contributed by atoms with Crippen LogP contribution in [0.15, 0.2) is 46.9 Å². The average Bonchev–Trinajstić information content (AvgIpc) is 3.01. The topological polar surface area (TPSA) is 82.5 Å². The normalized spacial score (nSPS) is 10.8. The number of aromatic nitrogens is 2. The lowest BCUT2D eigenvalue weighted by Crippen LogP contribution is -2.16. The van der Waals surface area contributed by atoms with E-state index in [1.54, 1.807) is 42.8 Å². The molecule has 0 saturated heterocycles. The van der Waals surface area contributed by atoms with Crippen molar-refractivity contribution in [1.29, 1.82) is 0 Å². The fraction of sp³-hybridized carbons (Fsp3) is 0.227. The first-order valence-corrected chi connectivity index (χ1v) is 10.3. The SMILES string of the molecule is COC(=O)c1ccccc1Cn1nc(C)c(NC(=O)c2cc(Br)ccc2OC(F)F)c1C. The second-order valence-electron chi connectivity index (χ2n) is 6.83. The number of amides is 1. The first kappa shape index (κ1) is 23.4. The Morgan fingerprint density at radius 2 is 1.88 bits per heavy atom. The molecule has 7 nitrogen and oxygen atoms in total. The van der Waals surface area contributed by atoms with E-state index in [4.69, 9.17) is 4.74 Å². The lowest BCUT2D eigenvalue weighted by atomic mass is 10.1. The quantitative estimate of drug-likeness (QED) is 0.457. The maximum Gasteiger partial charge on any atom is 0.387 e. The molecule has 0 radical (unpaired) electrons. The molecule has 2 aromatic carbocycles. The van der Waals surface area contributed by atoms with Gasteiger partial charge in [-0.3, -0.25) is 9.48 Å². The van der Waals surface area contributed by atoms with E-state index in [1.807, 2.05) is 0 Å². The highest BCUT2D eigenvalue weighted by molar-refractivity contribution is 9.10. The molecule has 0 aliphatic carbocycles.